The number of hydrogen-bond donors (Lipinski definition) is 2. The molecular formula is C22H22N2O4S2. The van der Waals surface area contributed by atoms with E-state index in [0.717, 1.165) is 22.9 Å². The number of aliphatic hydroxyl groups is 1. The molecule has 2 aromatic rings. The summed E-state index contributed by atoms with van der Waals surface area (Å²) in [7, 11) is 1.58. The summed E-state index contributed by atoms with van der Waals surface area (Å²) >= 11 is 6.46. The molecule has 1 aliphatic heterocycles. The van der Waals surface area contributed by atoms with Gasteiger partial charge in [0.05, 0.1) is 24.7 Å². The third-order valence-corrected chi connectivity index (χ3v) is 5.86. The zero-order valence-electron chi connectivity index (χ0n) is 16.4. The van der Waals surface area contributed by atoms with Crippen molar-refractivity contribution in [3.63, 3.8) is 0 Å². The normalized spacial score (nSPS) is 16.1. The molecule has 1 unspecified atom stereocenters. The van der Waals surface area contributed by atoms with E-state index in [9.17, 15) is 14.7 Å². The zero-order valence-corrected chi connectivity index (χ0v) is 18.0. The average molecular weight is 443 g/mol. The molecule has 6 nitrogen and oxygen atoms in total. The SMILES string of the molecule is COc1cccc(/C=C2\SC(=S)N(CC(=O)NC(CO)Cc3ccccc3)C2=O)c1. The van der Waals surface area contributed by atoms with Crippen LogP contribution in [0.15, 0.2) is 59.5 Å². The van der Waals surface area contributed by atoms with Crippen LogP contribution in [-0.2, 0) is 16.0 Å². The van der Waals surface area contributed by atoms with Gasteiger partial charge in [-0.3, -0.25) is 14.5 Å². The lowest BCUT2D eigenvalue weighted by molar-refractivity contribution is -0.129. The van der Waals surface area contributed by atoms with E-state index in [0.29, 0.717) is 21.4 Å². The maximum absolute atomic E-state index is 12.7. The summed E-state index contributed by atoms with van der Waals surface area (Å²) in [5.41, 5.74) is 1.81. The van der Waals surface area contributed by atoms with Crippen LogP contribution in [0.5, 0.6) is 5.75 Å². The Bertz CT molecular complexity index is 963. The van der Waals surface area contributed by atoms with Crippen molar-refractivity contribution >= 4 is 46.2 Å². The van der Waals surface area contributed by atoms with Gasteiger partial charge in [-0.25, -0.2) is 0 Å². The summed E-state index contributed by atoms with van der Waals surface area (Å²) in [5, 5.41) is 12.4. The van der Waals surface area contributed by atoms with Crippen molar-refractivity contribution in [1.29, 1.82) is 0 Å². The van der Waals surface area contributed by atoms with Crippen LogP contribution >= 0.6 is 24.0 Å². The minimum absolute atomic E-state index is 0.189. The monoisotopic (exact) mass is 442 g/mol. The zero-order chi connectivity index (χ0) is 21.5. The number of amides is 2. The van der Waals surface area contributed by atoms with Crippen LogP contribution in [0.1, 0.15) is 11.1 Å². The Hall–Kier alpha value is -2.68. The molecule has 0 saturated carbocycles. The van der Waals surface area contributed by atoms with Crippen LogP contribution in [0.25, 0.3) is 6.08 Å². The minimum Gasteiger partial charge on any atom is -0.497 e. The summed E-state index contributed by atoms with van der Waals surface area (Å²) < 4.78 is 5.53. The smallest absolute Gasteiger partial charge is 0.266 e. The topological polar surface area (TPSA) is 78.9 Å². The molecule has 1 aliphatic rings. The van der Waals surface area contributed by atoms with Gasteiger partial charge >= 0.3 is 0 Å². The number of carbonyl (C=O) groups excluding carboxylic acids is 2. The molecule has 2 N–H and O–H groups in total. The van der Waals surface area contributed by atoms with Crippen molar-refractivity contribution in [3.8, 4) is 5.75 Å². The van der Waals surface area contributed by atoms with Crippen LogP contribution in [0.3, 0.4) is 0 Å². The summed E-state index contributed by atoms with van der Waals surface area (Å²) in [4.78, 5) is 26.9. The molecule has 0 radical (unpaired) electrons. The Kier molecular flexibility index (Phi) is 7.62. The second kappa shape index (κ2) is 10.4. The number of ether oxygens (including phenoxy) is 1. The number of methoxy groups -OCH3 is 1. The predicted molar refractivity (Wildman–Crippen MR) is 122 cm³/mol. The van der Waals surface area contributed by atoms with E-state index in [2.05, 4.69) is 5.32 Å². The highest BCUT2D eigenvalue weighted by atomic mass is 32.2. The first kappa shape index (κ1) is 22.0. The van der Waals surface area contributed by atoms with E-state index in [1.54, 1.807) is 13.2 Å². The van der Waals surface area contributed by atoms with E-state index in [1.165, 1.54) is 4.90 Å². The average Bonchev–Trinajstić information content (AvgIpc) is 3.01. The van der Waals surface area contributed by atoms with Crippen molar-refractivity contribution in [2.75, 3.05) is 20.3 Å². The number of thiocarbonyl (C=S) groups is 1. The van der Waals surface area contributed by atoms with Gasteiger partial charge in [0, 0.05) is 0 Å². The number of nitrogens with zero attached hydrogens (tertiary/aromatic N) is 1. The first-order valence-corrected chi connectivity index (χ1v) is 10.6. The van der Waals surface area contributed by atoms with Gasteiger partial charge in [-0.1, -0.05) is 66.4 Å². The second-order valence-electron chi connectivity index (χ2n) is 6.68. The van der Waals surface area contributed by atoms with E-state index in [1.807, 2.05) is 54.6 Å². The summed E-state index contributed by atoms with van der Waals surface area (Å²) in [6, 6.07) is 16.5. The standard InChI is InChI=1S/C22H22N2O4S2/c1-28-18-9-5-8-16(11-18)12-19-21(27)24(22(29)30-19)13-20(26)23-17(14-25)10-15-6-3-2-4-7-15/h2-9,11-12,17,25H,10,13-14H2,1H3,(H,23,26)/b19-12-. The fourth-order valence-electron chi connectivity index (χ4n) is 3.00. The number of carbonyl (C=O) groups is 2. The lowest BCUT2D eigenvalue weighted by Gasteiger charge is -2.19. The number of benzene rings is 2. The molecule has 2 amide bonds. The highest BCUT2D eigenvalue weighted by Crippen LogP contribution is 2.32. The number of nitrogens with one attached hydrogen (secondary N) is 1. The minimum atomic E-state index is -0.439. The number of hydrogen-bond acceptors (Lipinski definition) is 6. The van der Waals surface area contributed by atoms with Crippen LogP contribution in [0.2, 0.25) is 0 Å². The Labute approximate surface area is 184 Å². The van der Waals surface area contributed by atoms with Crippen LogP contribution in [0.4, 0.5) is 0 Å². The third-order valence-electron chi connectivity index (χ3n) is 4.48. The summed E-state index contributed by atoms with van der Waals surface area (Å²) in [5.74, 6) is 0.00237. The van der Waals surface area contributed by atoms with Gasteiger partial charge in [-0.05, 0) is 35.8 Å². The van der Waals surface area contributed by atoms with Gasteiger partial charge in [0.15, 0.2) is 0 Å². The molecule has 30 heavy (non-hydrogen) atoms. The molecule has 0 spiro atoms. The maximum atomic E-state index is 12.7. The van der Waals surface area contributed by atoms with E-state index in [4.69, 9.17) is 17.0 Å². The maximum Gasteiger partial charge on any atom is 0.266 e. The lowest BCUT2D eigenvalue weighted by atomic mass is 10.1. The highest BCUT2D eigenvalue weighted by molar-refractivity contribution is 8.26. The van der Waals surface area contributed by atoms with Gasteiger partial charge < -0.3 is 15.2 Å². The summed E-state index contributed by atoms with van der Waals surface area (Å²) in [6.07, 6.45) is 2.23. The Balaban J connectivity index is 1.63. The fraction of sp³-hybridized carbons (Fsp3) is 0.227. The highest BCUT2D eigenvalue weighted by Gasteiger charge is 2.33. The first-order valence-electron chi connectivity index (χ1n) is 9.33. The van der Waals surface area contributed by atoms with Crippen molar-refractivity contribution in [2.24, 2.45) is 0 Å². The quantitative estimate of drug-likeness (QED) is 0.483. The fourth-order valence-corrected chi connectivity index (χ4v) is 4.25. The predicted octanol–water partition coefficient (Wildman–Crippen LogP) is 2.62. The molecular weight excluding hydrogens is 420 g/mol. The van der Waals surface area contributed by atoms with Crippen molar-refractivity contribution in [1.82, 2.24) is 10.2 Å². The van der Waals surface area contributed by atoms with Crippen LogP contribution < -0.4 is 10.1 Å². The molecule has 8 heteroatoms. The Morgan fingerprint density at radius 1 is 1.27 bits per heavy atom. The van der Waals surface area contributed by atoms with Crippen molar-refractivity contribution in [2.45, 2.75) is 12.5 Å². The second-order valence-corrected chi connectivity index (χ2v) is 8.36. The lowest BCUT2D eigenvalue weighted by Crippen LogP contribution is -2.45. The van der Waals surface area contributed by atoms with Crippen LogP contribution in [-0.4, -0.2) is 52.4 Å². The first-order chi connectivity index (χ1) is 14.5. The molecule has 0 aromatic heterocycles. The van der Waals surface area contributed by atoms with Gasteiger partial charge in [0.25, 0.3) is 5.91 Å². The molecule has 156 valence electrons. The van der Waals surface area contributed by atoms with Crippen molar-refractivity contribution in [3.05, 3.63) is 70.6 Å². The van der Waals surface area contributed by atoms with E-state index < -0.39 is 6.04 Å². The molecule has 0 bridgehead atoms. The van der Waals surface area contributed by atoms with E-state index >= 15 is 0 Å². The molecule has 1 fully saturated rings. The van der Waals surface area contributed by atoms with Gasteiger partial charge in [-0.15, -0.1) is 0 Å². The van der Waals surface area contributed by atoms with Gasteiger partial charge in [-0.2, -0.15) is 0 Å². The molecule has 1 heterocycles. The van der Waals surface area contributed by atoms with Crippen molar-refractivity contribution < 1.29 is 19.4 Å². The largest absolute Gasteiger partial charge is 0.497 e. The number of rotatable bonds is 8. The number of thioether (sulfide) groups is 1. The number of aliphatic hydroxyl groups excluding tert-OH is 1. The molecule has 1 saturated heterocycles. The van der Waals surface area contributed by atoms with Crippen LogP contribution in [0, 0.1) is 0 Å². The Morgan fingerprint density at radius 3 is 2.73 bits per heavy atom. The molecule has 0 aliphatic carbocycles. The van der Waals surface area contributed by atoms with E-state index in [-0.39, 0.29) is 25.0 Å². The van der Waals surface area contributed by atoms with Gasteiger partial charge in [0.2, 0.25) is 5.91 Å². The molecule has 3 rings (SSSR count). The summed E-state index contributed by atoms with van der Waals surface area (Å²) in [6.45, 7) is -0.389. The Morgan fingerprint density at radius 2 is 2.03 bits per heavy atom. The van der Waals surface area contributed by atoms with Gasteiger partial charge in [0.1, 0.15) is 16.6 Å². The molecule has 1 atom stereocenters. The molecule has 2 aromatic carbocycles. The third kappa shape index (κ3) is 5.69.